The number of carbonyl (C=O) groups is 1. The standard InChI is InChI=1S/C20H26N2O6S/c1-5-28-18-11-6-15(12-19(18)27-4)13-21-20(23)14(2)22-29(24,25)17-9-7-16(26-3)8-10-17/h6-12,14,22H,5,13H2,1-4H3,(H,21,23)/t14-/m0/s1. The van der Waals surface area contributed by atoms with Crippen molar-refractivity contribution in [1.29, 1.82) is 0 Å². The highest BCUT2D eigenvalue weighted by molar-refractivity contribution is 7.89. The van der Waals surface area contributed by atoms with Crippen molar-refractivity contribution in [2.24, 2.45) is 0 Å². The number of rotatable bonds is 10. The minimum atomic E-state index is -3.84. The first kappa shape index (κ1) is 22.5. The molecule has 1 amide bonds. The third-order valence-electron chi connectivity index (χ3n) is 4.09. The average molecular weight is 423 g/mol. The number of amides is 1. The van der Waals surface area contributed by atoms with Gasteiger partial charge in [-0.2, -0.15) is 4.72 Å². The molecule has 1 atom stereocenters. The lowest BCUT2D eigenvalue weighted by atomic mass is 10.2. The number of ether oxygens (including phenoxy) is 3. The van der Waals surface area contributed by atoms with Crippen LogP contribution in [0, 0.1) is 0 Å². The van der Waals surface area contributed by atoms with Gasteiger partial charge in [-0.3, -0.25) is 4.79 Å². The molecule has 0 spiro atoms. The average Bonchev–Trinajstić information content (AvgIpc) is 2.72. The predicted octanol–water partition coefficient (Wildman–Crippen LogP) is 2.09. The Morgan fingerprint density at radius 3 is 2.31 bits per heavy atom. The van der Waals surface area contributed by atoms with Crippen molar-refractivity contribution in [3.8, 4) is 17.2 Å². The number of methoxy groups -OCH3 is 2. The molecule has 0 aromatic heterocycles. The molecular weight excluding hydrogens is 396 g/mol. The van der Waals surface area contributed by atoms with Crippen molar-refractivity contribution in [2.75, 3.05) is 20.8 Å². The Morgan fingerprint density at radius 2 is 1.72 bits per heavy atom. The summed E-state index contributed by atoms with van der Waals surface area (Å²) in [4.78, 5) is 12.4. The Labute approximate surface area is 171 Å². The third kappa shape index (κ3) is 6.10. The van der Waals surface area contributed by atoms with E-state index in [0.29, 0.717) is 23.9 Å². The SMILES string of the molecule is CCOc1ccc(CNC(=O)[C@H](C)NS(=O)(=O)c2ccc(OC)cc2)cc1OC. The van der Waals surface area contributed by atoms with Gasteiger partial charge in [0.2, 0.25) is 15.9 Å². The lowest BCUT2D eigenvalue weighted by Gasteiger charge is -2.15. The minimum absolute atomic E-state index is 0.0502. The number of carbonyl (C=O) groups excluding carboxylic acids is 1. The molecule has 2 rings (SSSR count). The van der Waals surface area contributed by atoms with Crippen molar-refractivity contribution in [1.82, 2.24) is 10.0 Å². The van der Waals surface area contributed by atoms with Crippen molar-refractivity contribution in [3.63, 3.8) is 0 Å². The second-order valence-corrected chi connectivity index (χ2v) is 7.87. The van der Waals surface area contributed by atoms with Crippen LogP contribution < -0.4 is 24.2 Å². The first-order valence-electron chi connectivity index (χ1n) is 9.04. The van der Waals surface area contributed by atoms with Gasteiger partial charge in [0.1, 0.15) is 5.75 Å². The monoisotopic (exact) mass is 422 g/mol. The highest BCUT2D eigenvalue weighted by Gasteiger charge is 2.22. The third-order valence-corrected chi connectivity index (χ3v) is 5.65. The molecule has 0 saturated carbocycles. The van der Waals surface area contributed by atoms with E-state index in [1.165, 1.54) is 33.3 Å². The topological polar surface area (TPSA) is 103 Å². The molecule has 9 heteroatoms. The maximum Gasteiger partial charge on any atom is 0.241 e. The van der Waals surface area contributed by atoms with Crippen molar-refractivity contribution < 1.29 is 27.4 Å². The number of hydrogen-bond donors (Lipinski definition) is 2. The van der Waals surface area contributed by atoms with E-state index in [2.05, 4.69) is 10.0 Å². The molecule has 29 heavy (non-hydrogen) atoms. The second-order valence-electron chi connectivity index (χ2n) is 6.15. The Morgan fingerprint density at radius 1 is 1.03 bits per heavy atom. The highest BCUT2D eigenvalue weighted by Crippen LogP contribution is 2.28. The van der Waals surface area contributed by atoms with Gasteiger partial charge in [0.25, 0.3) is 0 Å². The zero-order valence-corrected chi connectivity index (χ0v) is 17.7. The Kier molecular flexibility index (Phi) is 7.86. The van der Waals surface area contributed by atoms with Crippen LogP contribution >= 0.6 is 0 Å². The van der Waals surface area contributed by atoms with Crippen molar-refractivity contribution in [3.05, 3.63) is 48.0 Å². The summed E-state index contributed by atoms with van der Waals surface area (Å²) >= 11 is 0. The summed E-state index contributed by atoms with van der Waals surface area (Å²) in [5.41, 5.74) is 0.795. The molecular formula is C20H26N2O6S. The number of sulfonamides is 1. The molecule has 0 heterocycles. The van der Waals surface area contributed by atoms with Crippen molar-refractivity contribution >= 4 is 15.9 Å². The van der Waals surface area contributed by atoms with Crippen LogP contribution in [0.5, 0.6) is 17.2 Å². The first-order chi connectivity index (χ1) is 13.8. The number of benzene rings is 2. The molecule has 0 unspecified atom stereocenters. The normalized spacial score (nSPS) is 12.1. The van der Waals surface area contributed by atoms with Gasteiger partial charge in [-0.15, -0.1) is 0 Å². The first-order valence-corrected chi connectivity index (χ1v) is 10.5. The molecule has 0 aliphatic heterocycles. The zero-order chi connectivity index (χ0) is 21.4. The van der Waals surface area contributed by atoms with E-state index in [0.717, 1.165) is 5.56 Å². The molecule has 0 fully saturated rings. The lowest BCUT2D eigenvalue weighted by Crippen LogP contribution is -2.44. The Hall–Kier alpha value is -2.78. The van der Waals surface area contributed by atoms with Crippen LogP contribution in [-0.4, -0.2) is 41.2 Å². The van der Waals surface area contributed by atoms with Crippen molar-refractivity contribution in [2.45, 2.75) is 31.3 Å². The van der Waals surface area contributed by atoms with Crippen LogP contribution in [0.4, 0.5) is 0 Å². The molecule has 0 aliphatic carbocycles. The van der Waals surface area contributed by atoms with Crippen LogP contribution in [0.15, 0.2) is 47.4 Å². The smallest absolute Gasteiger partial charge is 0.241 e. The molecule has 8 nitrogen and oxygen atoms in total. The van der Waals surface area contributed by atoms with E-state index in [4.69, 9.17) is 14.2 Å². The van der Waals surface area contributed by atoms with Gasteiger partial charge in [0.15, 0.2) is 11.5 Å². The maximum atomic E-state index is 12.4. The van der Waals surface area contributed by atoms with Gasteiger partial charge < -0.3 is 19.5 Å². The van der Waals surface area contributed by atoms with Crippen LogP contribution in [0.1, 0.15) is 19.4 Å². The zero-order valence-electron chi connectivity index (χ0n) is 16.9. The van der Waals surface area contributed by atoms with Gasteiger partial charge in [0.05, 0.1) is 31.8 Å². The Bertz CT molecular complexity index is 928. The van der Waals surface area contributed by atoms with Gasteiger partial charge in [-0.05, 0) is 55.8 Å². The molecule has 2 aromatic rings. The van der Waals surface area contributed by atoms with Gasteiger partial charge in [-0.1, -0.05) is 6.07 Å². The van der Waals surface area contributed by atoms with E-state index in [1.54, 1.807) is 30.3 Å². The van der Waals surface area contributed by atoms with Crippen LogP contribution in [0.2, 0.25) is 0 Å². The summed E-state index contributed by atoms with van der Waals surface area (Å²) in [6.07, 6.45) is 0. The number of nitrogens with one attached hydrogen (secondary N) is 2. The van der Waals surface area contributed by atoms with Crippen LogP contribution in [0.25, 0.3) is 0 Å². The Balaban J connectivity index is 1.98. The molecule has 0 bridgehead atoms. The van der Waals surface area contributed by atoms with Crippen LogP contribution in [-0.2, 0) is 21.4 Å². The molecule has 2 aromatic carbocycles. The van der Waals surface area contributed by atoms with Gasteiger partial charge >= 0.3 is 0 Å². The largest absolute Gasteiger partial charge is 0.497 e. The summed E-state index contributed by atoms with van der Waals surface area (Å²) < 4.78 is 43.0. The summed E-state index contributed by atoms with van der Waals surface area (Å²) in [6, 6.07) is 10.3. The summed E-state index contributed by atoms with van der Waals surface area (Å²) in [7, 11) is -0.806. The highest BCUT2D eigenvalue weighted by atomic mass is 32.2. The lowest BCUT2D eigenvalue weighted by molar-refractivity contribution is -0.122. The molecule has 0 radical (unpaired) electrons. The summed E-state index contributed by atoms with van der Waals surface area (Å²) in [6.45, 7) is 4.09. The minimum Gasteiger partial charge on any atom is -0.497 e. The fraction of sp³-hybridized carbons (Fsp3) is 0.350. The molecule has 2 N–H and O–H groups in total. The van der Waals surface area contributed by atoms with E-state index < -0.39 is 22.0 Å². The predicted molar refractivity (Wildman–Crippen MR) is 109 cm³/mol. The fourth-order valence-electron chi connectivity index (χ4n) is 2.55. The van der Waals surface area contributed by atoms with E-state index in [-0.39, 0.29) is 11.4 Å². The number of hydrogen-bond acceptors (Lipinski definition) is 6. The van der Waals surface area contributed by atoms with E-state index in [1.807, 2.05) is 6.92 Å². The van der Waals surface area contributed by atoms with E-state index in [9.17, 15) is 13.2 Å². The van der Waals surface area contributed by atoms with Gasteiger partial charge in [0, 0.05) is 6.54 Å². The summed E-state index contributed by atoms with van der Waals surface area (Å²) in [5.74, 6) is 1.27. The molecule has 158 valence electrons. The summed E-state index contributed by atoms with van der Waals surface area (Å²) in [5, 5.41) is 2.71. The quantitative estimate of drug-likeness (QED) is 0.608. The maximum absolute atomic E-state index is 12.4. The molecule has 0 saturated heterocycles. The molecule has 0 aliphatic rings. The van der Waals surface area contributed by atoms with Gasteiger partial charge in [-0.25, -0.2) is 8.42 Å². The van der Waals surface area contributed by atoms with E-state index >= 15 is 0 Å². The van der Waals surface area contributed by atoms with Crippen LogP contribution in [0.3, 0.4) is 0 Å². The second kappa shape index (κ2) is 10.1. The fourth-order valence-corrected chi connectivity index (χ4v) is 3.75.